The van der Waals surface area contributed by atoms with Gasteiger partial charge in [-0.05, 0) is 66.1 Å². The number of thioether (sulfide) groups is 1. The average Bonchev–Trinajstić information content (AvgIpc) is 3.03. The average molecular weight is 476 g/mol. The fourth-order valence-corrected chi connectivity index (χ4v) is 3.82. The number of amides is 2. The topological polar surface area (TPSA) is 64.6 Å². The number of hydrogen-bond acceptors (Lipinski definition) is 5. The number of imide groups is 1. The molecule has 0 unspecified atom stereocenters. The Morgan fingerprint density at radius 3 is 2.48 bits per heavy atom. The van der Waals surface area contributed by atoms with Crippen LogP contribution in [0.4, 0.5) is 4.79 Å². The summed E-state index contributed by atoms with van der Waals surface area (Å²) in [6.07, 6.45) is 2.76. The van der Waals surface area contributed by atoms with Gasteiger partial charge in [0.15, 0.2) is 0 Å². The van der Waals surface area contributed by atoms with Gasteiger partial charge >= 0.3 is 0 Å². The highest BCUT2D eigenvalue weighted by Crippen LogP contribution is 2.31. The number of hydrogen-bond donors (Lipinski definition) is 1. The Morgan fingerprint density at radius 2 is 1.83 bits per heavy atom. The molecule has 29 heavy (non-hydrogen) atoms. The van der Waals surface area contributed by atoms with E-state index in [1.54, 1.807) is 6.08 Å². The van der Waals surface area contributed by atoms with Gasteiger partial charge in [-0.15, -0.1) is 0 Å². The molecule has 1 aliphatic heterocycles. The van der Waals surface area contributed by atoms with Crippen molar-refractivity contribution in [2.75, 3.05) is 13.2 Å². The molecule has 1 heterocycles. The Morgan fingerprint density at radius 1 is 1.10 bits per heavy atom. The summed E-state index contributed by atoms with van der Waals surface area (Å²) < 4.78 is 12.5. The molecule has 7 heteroatoms. The molecule has 152 valence electrons. The van der Waals surface area contributed by atoms with Crippen molar-refractivity contribution in [1.82, 2.24) is 5.32 Å². The number of carbonyl (C=O) groups is 2. The maximum atomic E-state index is 11.8. The molecule has 3 rings (SSSR count). The maximum Gasteiger partial charge on any atom is 0.290 e. The second-order valence-electron chi connectivity index (χ2n) is 6.61. The van der Waals surface area contributed by atoms with Crippen LogP contribution >= 0.6 is 27.7 Å². The zero-order chi connectivity index (χ0) is 20.8. The van der Waals surface area contributed by atoms with Gasteiger partial charge in [0.2, 0.25) is 0 Å². The van der Waals surface area contributed by atoms with Gasteiger partial charge in [-0.25, -0.2) is 0 Å². The fourth-order valence-electron chi connectivity index (χ4n) is 2.77. The summed E-state index contributed by atoms with van der Waals surface area (Å²) in [5.41, 5.74) is 2.01. The monoisotopic (exact) mass is 475 g/mol. The van der Waals surface area contributed by atoms with Gasteiger partial charge in [0.1, 0.15) is 24.7 Å². The first-order valence-corrected chi connectivity index (χ1v) is 11.0. The summed E-state index contributed by atoms with van der Waals surface area (Å²) in [5, 5.41) is 1.88. The van der Waals surface area contributed by atoms with Gasteiger partial charge in [0.05, 0.1) is 4.91 Å². The first kappa shape index (κ1) is 21.5. The number of carbonyl (C=O) groups excluding carboxylic acids is 2. The Bertz CT molecular complexity index is 927. The summed E-state index contributed by atoms with van der Waals surface area (Å²) in [7, 11) is 0. The van der Waals surface area contributed by atoms with E-state index in [-0.39, 0.29) is 5.24 Å². The Kier molecular flexibility index (Phi) is 7.39. The van der Waals surface area contributed by atoms with E-state index in [2.05, 4.69) is 47.2 Å². The summed E-state index contributed by atoms with van der Waals surface area (Å²) in [5.74, 6) is 1.56. The largest absolute Gasteiger partial charge is 0.490 e. The van der Waals surface area contributed by atoms with E-state index in [0.717, 1.165) is 28.4 Å². The van der Waals surface area contributed by atoms with Crippen LogP contribution in [-0.4, -0.2) is 24.4 Å². The molecule has 0 aromatic heterocycles. The van der Waals surface area contributed by atoms with Gasteiger partial charge in [0.25, 0.3) is 11.1 Å². The molecule has 1 saturated heterocycles. The molecule has 1 fully saturated rings. The van der Waals surface area contributed by atoms with Gasteiger partial charge in [0, 0.05) is 10.0 Å². The Labute approximate surface area is 183 Å². The molecule has 0 aliphatic carbocycles. The lowest BCUT2D eigenvalue weighted by Gasteiger charge is -2.12. The van der Waals surface area contributed by atoms with Crippen molar-refractivity contribution in [1.29, 1.82) is 0 Å². The van der Waals surface area contributed by atoms with Crippen molar-refractivity contribution in [2.45, 2.75) is 26.2 Å². The van der Waals surface area contributed by atoms with Crippen LogP contribution in [0.5, 0.6) is 11.5 Å². The van der Waals surface area contributed by atoms with Crippen LogP contribution in [0, 0.1) is 0 Å². The lowest BCUT2D eigenvalue weighted by molar-refractivity contribution is -0.115. The van der Waals surface area contributed by atoms with Crippen molar-refractivity contribution in [3.8, 4) is 11.5 Å². The third-order valence-corrected chi connectivity index (χ3v) is 5.88. The van der Waals surface area contributed by atoms with Crippen molar-refractivity contribution >= 4 is 44.9 Å². The van der Waals surface area contributed by atoms with Crippen LogP contribution < -0.4 is 14.8 Å². The first-order chi connectivity index (χ1) is 14.0. The van der Waals surface area contributed by atoms with E-state index in [1.165, 1.54) is 5.56 Å². The second-order valence-corrected chi connectivity index (χ2v) is 8.54. The quantitative estimate of drug-likeness (QED) is 0.389. The zero-order valence-electron chi connectivity index (χ0n) is 16.2. The summed E-state index contributed by atoms with van der Waals surface area (Å²) in [6.45, 7) is 5.12. The summed E-state index contributed by atoms with van der Waals surface area (Å²) in [4.78, 5) is 23.5. The van der Waals surface area contributed by atoms with Gasteiger partial charge in [-0.1, -0.05) is 41.9 Å². The molecule has 0 radical (unpaired) electrons. The van der Waals surface area contributed by atoms with Crippen molar-refractivity contribution in [2.24, 2.45) is 0 Å². The molecule has 2 aromatic rings. The number of nitrogens with one attached hydrogen (secondary N) is 1. The number of rotatable bonds is 8. The minimum absolute atomic E-state index is 0.343. The molecular weight excluding hydrogens is 454 g/mol. The van der Waals surface area contributed by atoms with Crippen molar-refractivity contribution in [3.05, 3.63) is 63.0 Å². The maximum absolute atomic E-state index is 11.8. The second kappa shape index (κ2) is 9.98. The van der Waals surface area contributed by atoms with E-state index in [9.17, 15) is 9.59 Å². The smallest absolute Gasteiger partial charge is 0.290 e. The standard InChI is InChI=1S/C22H22BrNO4S/c1-3-14(2)15-4-7-18(8-5-15)27-10-11-28-19-9-6-17(23)12-16(19)13-20-21(25)24-22(26)29-20/h4-9,12-14H,3,10-11H2,1-2H3,(H,24,25,26)/b20-13+/t14-/m1/s1. The van der Waals surface area contributed by atoms with E-state index in [1.807, 2.05) is 30.3 Å². The highest BCUT2D eigenvalue weighted by molar-refractivity contribution is 9.10. The molecular formula is C22H22BrNO4S. The van der Waals surface area contributed by atoms with Crippen LogP contribution in [0.2, 0.25) is 0 Å². The van der Waals surface area contributed by atoms with Crippen molar-refractivity contribution < 1.29 is 19.1 Å². The highest BCUT2D eigenvalue weighted by Gasteiger charge is 2.25. The summed E-state index contributed by atoms with van der Waals surface area (Å²) in [6, 6.07) is 13.7. The molecule has 2 amide bonds. The van der Waals surface area contributed by atoms with E-state index in [0.29, 0.717) is 35.3 Å². The lowest BCUT2D eigenvalue weighted by atomic mass is 9.99. The minimum Gasteiger partial charge on any atom is -0.490 e. The number of benzene rings is 2. The predicted octanol–water partition coefficient (Wildman–Crippen LogP) is 5.74. The molecule has 5 nitrogen and oxygen atoms in total. The zero-order valence-corrected chi connectivity index (χ0v) is 18.6. The minimum atomic E-state index is -0.393. The van der Waals surface area contributed by atoms with Crippen molar-refractivity contribution in [3.63, 3.8) is 0 Å². The van der Waals surface area contributed by atoms with Crippen LogP contribution in [0.15, 0.2) is 51.8 Å². The molecule has 1 atom stereocenters. The Balaban J connectivity index is 1.59. The van der Waals surface area contributed by atoms with E-state index in [4.69, 9.17) is 9.47 Å². The third-order valence-electron chi connectivity index (χ3n) is 4.57. The predicted molar refractivity (Wildman–Crippen MR) is 119 cm³/mol. The highest BCUT2D eigenvalue weighted by atomic mass is 79.9. The Hall–Kier alpha value is -2.25. The van der Waals surface area contributed by atoms with E-state index < -0.39 is 5.91 Å². The van der Waals surface area contributed by atoms with Crippen LogP contribution in [0.1, 0.15) is 37.3 Å². The number of ether oxygens (including phenoxy) is 2. The summed E-state index contributed by atoms with van der Waals surface area (Å²) >= 11 is 4.30. The van der Waals surface area contributed by atoms with E-state index >= 15 is 0 Å². The van der Waals surface area contributed by atoms with Crippen LogP contribution in [-0.2, 0) is 4.79 Å². The lowest BCUT2D eigenvalue weighted by Crippen LogP contribution is -2.17. The normalized spacial score (nSPS) is 16.0. The SMILES string of the molecule is CC[C@@H](C)c1ccc(OCCOc2ccc(Br)cc2/C=C2/SC(=O)NC2=O)cc1. The van der Waals surface area contributed by atoms with Gasteiger partial charge in [-0.2, -0.15) is 0 Å². The molecule has 0 bridgehead atoms. The van der Waals surface area contributed by atoms with Crippen LogP contribution in [0.3, 0.4) is 0 Å². The van der Waals surface area contributed by atoms with Gasteiger partial charge in [-0.3, -0.25) is 14.9 Å². The van der Waals surface area contributed by atoms with Gasteiger partial charge < -0.3 is 9.47 Å². The fraction of sp³-hybridized carbons (Fsp3) is 0.273. The molecule has 1 N–H and O–H groups in total. The molecule has 2 aromatic carbocycles. The van der Waals surface area contributed by atoms with Crippen LogP contribution in [0.25, 0.3) is 6.08 Å². The third kappa shape index (κ3) is 5.87. The molecule has 0 saturated carbocycles. The molecule has 0 spiro atoms. The first-order valence-electron chi connectivity index (χ1n) is 9.36. The molecule has 1 aliphatic rings. The number of halogens is 1.